The van der Waals surface area contributed by atoms with Gasteiger partial charge in [0, 0.05) is 18.0 Å². The maximum atomic E-state index is 11.6. The molecular weight excluding hydrogens is 208 g/mol. The van der Waals surface area contributed by atoms with E-state index in [9.17, 15) is 4.79 Å². The fourth-order valence-corrected chi connectivity index (χ4v) is 3.55. The highest BCUT2D eigenvalue weighted by Gasteiger charge is 2.32. The van der Waals surface area contributed by atoms with E-state index in [0.717, 1.165) is 19.5 Å². The summed E-state index contributed by atoms with van der Waals surface area (Å²) in [4.78, 5) is 15.1. The monoisotopic (exact) mass is 222 g/mol. The van der Waals surface area contributed by atoms with Crippen molar-refractivity contribution in [1.82, 2.24) is 10.2 Å². The number of urea groups is 1. The van der Waals surface area contributed by atoms with E-state index in [1.54, 1.807) is 0 Å². The molecule has 4 heteroatoms. The summed E-state index contributed by atoms with van der Waals surface area (Å²) < 4.78 is 0. The molecule has 1 unspecified atom stereocenters. The molecule has 1 saturated heterocycles. The number of nitrogens with zero attached hydrogens (tertiary/aromatic N) is 1. The average molecular weight is 222 g/mol. The lowest BCUT2D eigenvalue weighted by atomic mass is 9.93. The molecule has 1 aliphatic carbocycles. The van der Waals surface area contributed by atoms with Crippen LogP contribution >= 0.6 is 11.3 Å². The highest BCUT2D eigenvalue weighted by atomic mass is 32.1. The predicted octanol–water partition coefficient (Wildman–Crippen LogP) is 2.15. The van der Waals surface area contributed by atoms with Crippen LogP contribution in [0.25, 0.3) is 0 Å². The fraction of sp³-hybridized carbons (Fsp3) is 0.545. The van der Waals surface area contributed by atoms with E-state index in [1.165, 1.54) is 23.3 Å². The van der Waals surface area contributed by atoms with E-state index in [4.69, 9.17) is 0 Å². The molecule has 2 aliphatic rings. The molecule has 0 aromatic carbocycles. The number of aryl methyl sites for hydroxylation is 1. The molecule has 1 aromatic rings. The zero-order valence-electron chi connectivity index (χ0n) is 8.53. The first-order valence-corrected chi connectivity index (χ1v) is 6.35. The van der Waals surface area contributed by atoms with Crippen molar-refractivity contribution in [3.8, 4) is 0 Å². The molecule has 1 aliphatic heterocycles. The Morgan fingerprint density at radius 1 is 1.53 bits per heavy atom. The predicted molar refractivity (Wildman–Crippen MR) is 60.1 cm³/mol. The number of rotatable bonds is 1. The first-order valence-electron chi connectivity index (χ1n) is 5.47. The van der Waals surface area contributed by atoms with Crippen molar-refractivity contribution in [3.63, 3.8) is 0 Å². The van der Waals surface area contributed by atoms with Crippen molar-refractivity contribution in [2.75, 3.05) is 13.1 Å². The Bertz CT molecular complexity index is 388. The zero-order chi connectivity index (χ0) is 10.3. The van der Waals surface area contributed by atoms with Gasteiger partial charge in [-0.15, -0.1) is 11.3 Å². The standard InChI is InChI=1S/C11H14N2OS/c14-11-12-5-6-13(11)9-2-1-3-10-8(9)4-7-15-10/h4,7,9H,1-3,5-6H2,(H,12,14). The number of hydrogen-bond donors (Lipinski definition) is 1. The van der Waals surface area contributed by atoms with Gasteiger partial charge in [0.25, 0.3) is 0 Å². The molecule has 1 fully saturated rings. The Balaban J connectivity index is 1.92. The molecule has 15 heavy (non-hydrogen) atoms. The van der Waals surface area contributed by atoms with Crippen LogP contribution in [0.1, 0.15) is 29.3 Å². The fourth-order valence-electron chi connectivity index (χ4n) is 2.57. The van der Waals surface area contributed by atoms with Crippen molar-refractivity contribution in [3.05, 3.63) is 21.9 Å². The van der Waals surface area contributed by atoms with Gasteiger partial charge in [0.2, 0.25) is 0 Å². The topological polar surface area (TPSA) is 32.3 Å². The summed E-state index contributed by atoms with van der Waals surface area (Å²) in [6, 6.07) is 2.64. The van der Waals surface area contributed by atoms with Crippen molar-refractivity contribution in [2.45, 2.75) is 25.3 Å². The molecule has 1 N–H and O–H groups in total. The van der Waals surface area contributed by atoms with Crippen LogP contribution in [0.5, 0.6) is 0 Å². The van der Waals surface area contributed by atoms with Crippen LogP contribution in [-0.4, -0.2) is 24.0 Å². The lowest BCUT2D eigenvalue weighted by Crippen LogP contribution is -2.33. The van der Waals surface area contributed by atoms with Crippen LogP contribution in [0, 0.1) is 0 Å². The number of fused-ring (bicyclic) bond motifs is 1. The molecule has 2 amide bonds. The molecule has 1 atom stereocenters. The minimum Gasteiger partial charge on any atom is -0.336 e. The highest BCUT2D eigenvalue weighted by molar-refractivity contribution is 7.10. The maximum Gasteiger partial charge on any atom is 0.318 e. The normalized spacial score (nSPS) is 25.2. The zero-order valence-corrected chi connectivity index (χ0v) is 9.35. The largest absolute Gasteiger partial charge is 0.336 e. The van der Waals surface area contributed by atoms with Crippen LogP contribution in [0.4, 0.5) is 4.79 Å². The molecule has 2 heterocycles. The van der Waals surface area contributed by atoms with Crippen LogP contribution in [0.15, 0.2) is 11.4 Å². The number of nitrogens with one attached hydrogen (secondary N) is 1. The molecule has 0 spiro atoms. The molecule has 3 rings (SSSR count). The Morgan fingerprint density at radius 3 is 3.27 bits per heavy atom. The Kier molecular flexibility index (Phi) is 2.16. The van der Waals surface area contributed by atoms with Crippen LogP contribution < -0.4 is 5.32 Å². The molecule has 0 radical (unpaired) electrons. The van der Waals surface area contributed by atoms with Crippen LogP contribution in [0.2, 0.25) is 0 Å². The van der Waals surface area contributed by atoms with E-state index >= 15 is 0 Å². The first-order chi connectivity index (χ1) is 7.36. The second kappa shape index (κ2) is 3.52. The third-order valence-corrected chi connectivity index (χ3v) is 4.28. The lowest BCUT2D eigenvalue weighted by Gasteiger charge is -2.30. The van der Waals surface area contributed by atoms with Gasteiger partial charge in [0.1, 0.15) is 0 Å². The SMILES string of the molecule is O=C1NCCN1C1CCCc2sccc21. The van der Waals surface area contributed by atoms with Gasteiger partial charge in [0.05, 0.1) is 6.04 Å². The number of carbonyl (C=O) groups is 1. The number of carbonyl (C=O) groups excluding carboxylic acids is 1. The minimum atomic E-state index is 0.110. The quantitative estimate of drug-likeness (QED) is 0.776. The first kappa shape index (κ1) is 9.21. The smallest absolute Gasteiger partial charge is 0.318 e. The van der Waals surface area contributed by atoms with E-state index in [1.807, 2.05) is 16.2 Å². The van der Waals surface area contributed by atoms with Crippen molar-refractivity contribution in [1.29, 1.82) is 0 Å². The highest BCUT2D eigenvalue weighted by Crippen LogP contribution is 2.37. The Labute approximate surface area is 93.1 Å². The number of thiophene rings is 1. The van der Waals surface area contributed by atoms with Gasteiger partial charge in [-0.05, 0) is 36.3 Å². The van der Waals surface area contributed by atoms with Gasteiger partial charge < -0.3 is 10.2 Å². The van der Waals surface area contributed by atoms with Gasteiger partial charge in [-0.3, -0.25) is 0 Å². The van der Waals surface area contributed by atoms with Gasteiger partial charge >= 0.3 is 6.03 Å². The molecule has 1 aromatic heterocycles. The molecule has 3 nitrogen and oxygen atoms in total. The third-order valence-electron chi connectivity index (χ3n) is 3.29. The van der Waals surface area contributed by atoms with Gasteiger partial charge in [0.15, 0.2) is 0 Å². The number of hydrogen-bond acceptors (Lipinski definition) is 2. The summed E-state index contributed by atoms with van der Waals surface area (Å²) in [5, 5.41) is 5.03. The maximum absolute atomic E-state index is 11.6. The average Bonchev–Trinajstić information content (AvgIpc) is 2.85. The van der Waals surface area contributed by atoms with Gasteiger partial charge in [-0.1, -0.05) is 0 Å². The van der Waals surface area contributed by atoms with Gasteiger partial charge in [-0.2, -0.15) is 0 Å². The summed E-state index contributed by atoms with van der Waals surface area (Å²) in [6.07, 6.45) is 3.53. The van der Waals surface area contributed by atoms with E-state index in [0.29, 0.717) is 6.04 Å². The molecule has 0 saturated carbocycles. The molecule has 80 valence electrons. The summed E-state index contributed by atoms with van der Waals surface area (Å²) in [6.45, 7) is 1.66. The van der Waals surface area contributed by atoms with Crippen molar-refractivity contribution in [2.24, 2.45) is 0 Å². The Hall–Kier alpha value is -1.03. The van der Waals surface area contributed by atoms with Crippen LogP contribution in [0.3, 0.4) is 0 Å². The Morgan fingerprint density at radius 2 is 2.47 bits per heavy atom. The van der Waals surface area contributed by atoms with E-state index in [-0.39, 0.29) is 6.03 Å². The molecular formula is C11H14N2OS. The third kappa shape index (κ3) is 1.44. The van der Waals surface area contributed by atoms with Crippen molar-refractivity contribution < 1.29 is 4.79 Å². The summed E-state index contributed by atoms with van der Waals surface area (Å²) in [7, 11) is 0. The summed E-state index contributed by atoms with van der Waals surface area (Å²) in [5.74, 6) is 0. The molecule has 0 bridgehead atoms. The lowest BCUT2D eigenvalue weighted by molar-refractivity contribution is 0.191. The van der Waals surface area contributed by atoms with E-state index in [2.05, 4.69) is 16.8 Å². The minimum absolute atomic E-state index is 0.110. The number of amides is 2. The van der Waals surface area contributed by atoms with E-state index < -0.39 is 0 Å². The van der Waals surface area contributed by atoms with Crippen LogP contribution in [-0.2, 0) is 6.42 Å². The summed E-state index contributed by atoms with van der Waals surface area (Å²) >= 11 is 1.83. The van der Waals surface area contributed by atoms with Crippen molar-refractivity contribution >= 4 is 17.4 Å². The second-order valence-electron chi connectivity index (χ2n) is 4.13. The van der Waals surface area contributed by atoms with Gasteiger partial charge in [-0.25, -0.2) is 4.79 Å². The summed E-state index contributed by atoms with van der Waals surface area (Å²) in [5.41, 5.74) is 1.39. The second-order valence-corrected chi connectivity index (χ2v) is 5.13.